The van der Waals surface area contributed by atoms with Gasteiger partial charge >= 0.3 is 6.09 Å². The lowest BCUT2D eigenvalue weighted by Crippen LogP contribution is -2.52. The molecule has 2 N–H and O–H groups in total. The fraction of sp³-hybridized carbons (Fsp3) is 0.769. The van der Waals surface area contributed by atoms with E-state index in [1.54, 1.807) is 0 Å². The van der Waals surface area contributed by atoms with Crippen LogP contribution in [0.5, 0.6) is 0 Å². The lowest BCUT2D eigenvalue weighted by molar-refractivity contribution is 0.000530. The van der Waals surface area contributed by atoms with Crippen LogP contribution in [0.3, 0.4) is 0 Å². The highest BCUT2D eigenvalue weighted by molar-refractivity contribution is 5.68. The number of hydrogen-bond donors (Lipinski definition) is 2. The number of rotatable bonds is 3. The summed E-state index contributed by atoms with van der Waals surface area (Å²) in [5.41, 5.74) is -1.37. The van der Waals surface area contributed by atoms with Crippen LogP contribution in [0.15, 0.2) is 12.2 Å². The van der Waals surface area contributed by atoms with Gasteiger partial charge in [0.05, 0.1) is 11.6 Å². The molecular weight excluding hydrogens is 218 g/mol. The zero-order valence-electron chi connectivity index (χ0n) is 11.1. The number of carbonyl (C=O) groups is 1. The van der Waals surface area contributed by atoms with E-state index in [4.69, 9.17) is 4.74 Å². The molecule has 0 fully saturated rings. The first-order valence-electron chi connectivity index (χ1n) is 6.14. The normalized spacial score (nSPS) is 20.1. The highest BCUT2D eigenvalue weighted by Gasteiger charge is 2.37. The third kappa shape index (κ3) is 4.04. The number of ether oxygens (including phenoxy) is 1. The molecule has 4 nitrogen and oxygen atoms in total. The van der Waals surface area contributed by atoms with Crippen molar-refractivity contribution in [2.45, 2.75) is 64.2 Å². The summed E-state index contributed by atoms with van der Waals surface area (Å²) in [7, 11) is 0. The van der Waals surface area contributed by atoms with E-state index in [2.05, 4.69) is 5.32 Å². The molecular formula is C13H23NO3. The number of nitrogens with one attached hydrogen (secondary N) is 1. The maximum Gasteiger partial charge on any atom is 0.407 e. The zero-order valence-corrected chi connectivity index (χ0v) is 11.1. The Bertz CT molecular complexity index is 296. The number of aliphatic hydroxyl groups is 1. The molecule has 0 spiro atoms. The summed E-state index contributed by atoms with van der Waals surface area (Å²) in [6.45, 7) is 7.40. The topological polar surface area (TPSA) is 58.6 Å². The Morgan fingerprint density at radius 3 is 2.41 bits per heavy atom. The van der Waals surface area contributed by atoms with E-state index >= 15 is 0 Å². The molecule has 0 bridgehead atoms. The molecule has 1 atom stereocenters. The molecule has 0 saturated carbocycles. The zero-order chi connectivity index (χ0) is 13.1. The van der Waals surface area contributed by atoms with Crippen molar-refractivity contribution in [1.29, 1.82) is 0 Å². The third-order valence-corrected chi connectivity index (χ3v) is 2.86. The maximum absolute atomic E-state index is 11.7. The van der Waals surface area contributed by atoms with Crippen LogP contribution < -0.4 is 5.32 Å². The fourth-order valence-corrected chi connectivity index (χ4v) is 2.01. The SMILES string of the molecule is CC[C@@H](NC(=O)OC(C)(C)C)C1(O)CC=CC1. The van der Waals surface area contributed by atoms with Crippen molar-refractivity contribution in [2.24, 2.45) is 0 Å². The molecule has 0 aromatic heterocycles. The highest BCUT2D eigenvalue weighted by atomic mass is 16.6. The van der Waals surface area contributed by atoms with Crippen molar-refractivity contribution in [3.8, 4) is 0 Å². The lowest BCUT2D eigenvalue weighted by Gasteiger charge is -2.33. The lowest BCUT2D eigenvalue weighted by atomic mass is 9.90. The standard InChI is InChI=1S/C13H23NO3/c1-5-10(13(16)8-6-7-9-13)14-11(15)17-12(2,3)4/h6-7,10,16H,5,8-9H2,1-4H3,(H,14,15)/t10-/m1/s1. The van der Waals surface area contributed by atoms with Gasteiger partial charge in [-0.2, -0.15) is 0 Å². The summed E-state index contributed by atoms with van der Waals surface area (Å²) in [5.74, 6) is 0. The van der Waals surface area contributed by atoms with E-state index in [9.17, 15) is 9.90 Å². The van der Waals surface area contributed by atoms with E-state index in [1.807, 2.05) is 39.8 Å². The van der Waals surface area contributed by atoms with Gasteiger partial charge in [-0.25, -0.2) is 4.79 Å². The summed E-state index contributed by atoms with van der Waals surface area (Å²) < 4.78 is 5.19. The van der Waals surface area contributed by atoms with Gasteiger partial charge in [0.15, 0.2) is 0 Å². The minimum absolute atomic E-state index is 0.271. The Balaban J connectivity index is 2.55. The minimum atomic E-state index is -0.856. The first kappa shape index (κ1) is 14.0. The first-order valence-corrected chi connectivity index (χ1v) is 6.14. The molecule has 0 saturated heterocycles. The Morgan fingerprint density at radius 2 is 2.00 bits per heavy atom. The first-order chi connectivity index (χ1) is 7.77. The Labute approximate surface area is 103 Å². The maximum atomic E-state index is 11.7. The van der Waals surface area contributed by atoms with Crippen molar-refractivity contribution >= 4 is 6.09 Å². The molecule has 0 unspecified atom stereocenters. The molecule has 1 amide bonds. The van der Waals surface area contributed by atoms with E-state index in [0.29, 0.717) is 19.3 Å². The second-order valence-corrected chi connectivity index (χ2v) is 5.59. The molecule has 0 aliphatic heterocycles. The second-order valence-electron chi connectivity index (χ2n) is 5.59. The van der Waals surface area contributed by atoms with Crippen molar-refractivity contribution in [1.82, 2.24) is 5.32 Å². The minimum Gasteiger partial charge on any atom is -0.444 e. The molecule has 17 heavy (non-hydrogen) atoms. The van der Waals surface area contributed by atoms with Crippen LogP contribution >= 0.6 is 0 Å². The van der Waals surface area contributed by atoms with Crippen molar-refractivity contribution in [2.75, 3.05) is 0 Å². The van der Waals surface area contributed by atoms with Crippen LogP contribution in [0.25, 0.3) is 0 Å². The summed E-state index contributed by atoms with van der Waals surface area (Å²) in [6.07, 6.45) is 5.27. The van der Waals surface area contributed by atoms with E-state index in [1.165, 1.54) is 0 Å². The van der Waals surface area contributed by atoms with Gasteiger partial charge in [-0.3, -0.25) is 0 Å². The van der Waals surface area contributed by atoms with Crippen LogP contribution in [0.4, 0.5) is 4.79 Å². The summed E-state index contributed by atoms with van der Waals surface area (Å²) in [4.78, 5) is 11.7. The molecule has 1 rings (SSSR count). The van der Waals surface area contributed by atoms with Crippen molar-refractivity contribution < 1.29 is 14.6 Å². The van der Waals surface area contributed by atoms with Crippen molar-refractivity contribution in [3.63, 3.8) is 0 Å². The van der Waals surface area contributed by atoms with Gasteiger partial charge in [-0.1, -0.05) is 19.1 Å². The predicted octanol–water partition coefficient (Wildman–Crippen LogP) is 2.37. The van der Waals surface area contributed by atoms with E-state index < -0.39 is 17.3 Å². The molecule has 0 heterocycles. The average molecular weight is 241 g/mol. The average Bonchev–Trinajstić information content (AvgIpc) is 2.59. The Morgan fingerprint density at radius 1 is 1.47 bits per heavy atom. The molecule has 0 aromatic carbocycles. The highest BCUT2D eigenvalue weighted by Crippen LogP contribution is 2.28. The van der Waals surface area contributed by atoms with Gasteiger partial charge in [0, 0.05) is 0 Å². The van der Waals surface area contributed by atoms with E-state index in [-0.39, 0.29) is 6.04 Å². The van der Waals surface area contributed by atoms with Crippen LogP contribution in [0.2, 0.25) is 0 Å². The second kappa shape index (κ2) is 5.08. The summed E-state index contributed by atoms with van der Waals surface area (Å²) in [5, 5.41) is 13.1. The Kier molecular flexibility index (Phi) is 4.20. The summed E-state index contributed by atoms with van der Waals surface area (Å²) >= 11 is 0. The van der Waals surface area contributed by atoms with Crippen molar-refractivity contribution in [3.05, 3.63) is 12.2 Å². The van der Waals surface area contributed by atoms with Gasteiger partial charge in [-0.05, 0) is 40.0 Å². The number of alkyl carbamates (subject to hydrolysis) is 1. The smallest absolute Gasteiger partial charge is 0.407 e. The molecule has 4 heteroatoms. The van der Waals surface area contributed by atoms with Gasteiger partial charge in [0.25, 0.3) is 0 Å². The van der Waals surface area contributed by atoms with Gasteiger partial charge in [0.1, 0.15) is 5.60 Å². The largest absolute Gasteiger partial charge is 0.444 e. The molecule has 1 aliphatic rings. The molecule has 98 valence electrons. The van der Waals surface area contributed by atoms with Gasteiger partial charge < -0.3 is 15.2 Å². The predicted molar refractivity (Wildman–Crippen MR) is 66.8 cm³/mol. The third-order valence-electron chi connectivity index (χ3n) is 2.86. The van der Waals surface area contributed by atoms with Crippen LogP contribution in [-0.2, 0) is 4.74 Å². The summed E-state index contributed by atoms with van der Waals surface area (Å²) in [6, 6.07) is -0.271. The molecule has 0 aromatic rings. The van der Waals surface area contributed by atoms with Gasteiger partial charge in [0.2, 0.25) is 0 Å². The van der Waals surface area contributed by atoms with Gasteiger partial charge in [-0.15, -0.1) is 0 Å². The fourth-order valence-electron chi connectivity index (χ4n) is 2.01. The number of hydrogen-bond acceptors (Lipinski definition) is 3. The number of amides is 1. The van der Waals surface area contributed by atoms with Crippen LogP contribution in [0.1, 0.15) is 47.0 Å². The van der Waals surface area contributed by atoms with Crippen LogP contribution in [-0.4, -0.2) is 28.4 Å². The quantitative estimate of drug-likeness (QED) is 0.746. The molecule has 0 radical (unpaired) electrons. The number of carbonyl (C=O) groups excluding carboxylic acids is 1. The van der Waals surface area contributed by atoms with E-state index in [0.717, 1.165) is 0 Å². The molecule has 1 aliphatic carbocycles. The Hall–Kier alpha value is -1.03. The van der Waals surface area contributed by atoms with Crippen LogP contribution in [0, 0.1) is 0 Å². The monoisotopic (exact) mass is 241 g/mol.